The molecule has 1 aromatic carbocycles. The Bertz CT molecular complexity index is 366. The molecule has 2 rings (SSSR count). The second-order valence-corrected chi connectivity index (χ2v) is 5.91. The van der Waals surface area contributed by atoms with E-state index < -0.39 is 0 Å². The van der Waals surface area contributed by atoms with Crippen LogP contribution in [0, 0.1) is 5.92 Å². The predicted octanol–water partition coefficient (Wildman–Crippen LogP) is 4.88. The van der Waals surface area contributed by atoms with Crippen LogP contribution in [0.1, 0.15) is 44.1 Å². The maximum absolute atomic E-state index is 6.37. The molecule has 0 spiro atoms. The van der Waals surface area contributed by atoms with Gasteiger partial charge in [0.15, 0.2) is 0 Å². The summed E-state index contributed by atoms with van der Waals surface area (Å²) in [6.07, 6.45) is 5.29. The average molecular weight is 286 g/mol. The maximum Gasteiger partial charge on any atom is 0.0456 e. The van der Waals surface area contributed by atoms with E-state index in [1.165, 1.54) is 25.7 Å². The van der Waals surface area contributed by atoms with E-state index in [1.54, 1.807) is 0 Å². The van der Waals surface area contributed by atoms with Gasteiger partial charge in [0.2, 0.25) is 0 Å². The van der Waals surface area contributed by atoms with Crippen molar-refractivity contribution in [1.82, 2.24) is 5.32 Å². The molecule has 18 heavy (non-hydrogen) atoms. The maximum atomic E-state index is 6.37. The van der Waals surface area contributed by atoms with Crippen LogP contribution in [0.25, 0.3) is 0 Å². The molecular weight excluding hydrogens is 265 g/mol. The van der Waals surface area contributed by atoms with Gasteiger partial charge in [0.1, 0.15) is 0 Å². The van der Waals surface area contributed by atoms with E-state index in [9.17, 15) is 0 Å². The number of hydrogen-bond acceptors (Lipinski definition) is 1. The summed E-state index contributed by atoms with van der Waals surface area (Å²) in [7, 11) is 0. The fourth-order valence-electron chi connectivity index (χ4n) is 3.03. The summed E-state index contributed by atoms with van der Waals surface area (Å²) in [5, 5.41) is 5.09. The largest absolute Gasteiger partial charge is 0.316 e. The minimum Gasteiger partial charge on any atom is -0.316 e. The van der Waals surface area contributed by atoms with Crippen LogP contribution in [0.3, 0.4) is 0 Å². The highest BCUT2D eigenvalue weighted by Crippen LogP contribution is 2.42. The van der Waals surface area contributed by atoms with Gasteiger partial charge in [0.05, 0.1) is 0 Å². The SMILES string of the molecule is CCNCC(c1c(Cl)cccc1Cl)C1CCCC1. The first-order valence-corrected chi connectivity index (χ1v) is 7.64. The third kappa shape index (κ3) is 3.20. The number of likely N-dealkylation sites (N-methyl/N-ethyl adjacent to an activating group) is 1. The van der Waals surface area contributed by atoms with E-state index in [1.807, 2.05) is 18.2 Å². The van der Waals surface area contributed by atoms with Crippen molar-refractivity contribution in [2.45, 2.75) is 38.5 Å². The monoisotopic (exact) mass is 285 g/mol. The normalized spacial score (nSPS) is 18.2. The molecule has 100 valence electrons. The molecule has 1 unspecified atom stereocenters. The topological polar surface area (TPSA) is 12.0 Å². The van der Waals surface area contributed by atoms with Crippen LogP contribution in [0.4, 0.5) is 0 Å². The van der Waals surface area contributed by atoms with Crippen LogP contribution >= 0.6 is 23.2 Å². The lowest BCUT2D eigenvalue weighted by Gasteiger charge is -2.26. The van der Waals surface area contributed by atoms with E-state index >= 15 is 0 Å². The number of nitrogens with one attached hydrogen (secondary N) is 1. The highest BCUT2D eigenvalue weighted by Gasteiger charge is 2.28. The molecule has 0 amide bonds. The third-order valence-corrected chi connectivity index (χ3v) is 4.61. The van der Waals surface area contributed by atoms with E-state index in [0.717, 1.165) is 34.6 Å². The van der Waals surface area contributed by atoms with Gasteiger partial charge < -0.3 is 5.32 Å². The molecular formula is C15H21Cl2N. The van der Waals surface area contributed by atoms with Gasteiger partial charge in [-0.25, -0.2) is 0 Å². The summed E-state index contributed by atoms with van der Waals surface area (Å²) < 4.78 is 0. The van der Waals surface area contributed by atoms with Gasteiger partial charge in [-0.05, 0) is 43.0 Å². The van der Waals surface area contributed by atoms with Crippen molar-refractivity contribution >= 4 is 23.2 Å². The fraction of sp³-hybridized carbons (Fsp3) is 0.600. The van der Waals surface area contributed by atoms with Gasteiger partial charge in [-0.1, -0.05) is 49.0 Å². The molecule has 0 radical (unpaired) electrons. The Balaban J connectivity index is 2.26. The molecule has 0 aliphatic heterocycles. The third-order valence-electron chi connectivity index (χ3n) is 3.95. The van der Waals surface area contributed by atoms with Gasteiger partial charge in [-0.15, -0.1) is 0 Å². The van der Waals surface area contributed by atoms with Gasteiger partial charge >= 0.3 is 0 Å². The van der Waals surface area contributed by atoms with E-state index in [0.29, 0.717) is 5.92 Å². The average Bonchev–Trinajstić information content (AvgIpc) is 2.86. The standard InChI is InChI=1S/C15H21Cl2N/c1-2-18-10-12(11-6-3-4-7-11)15-13(16)8-5-9-14(15)17/h5,8-9,11-12,18H,2-4,6-7,10H2,1H3. The highest BCUT2D eigenvalue weighted by molar-refractivity contribution is 6.36. The Hall–Kier alpha value is -0.240. The van der Waals surface area contributed by atoms with Gasteiger partial charge in [0.25, 0.3) is 0 Å². The first-order valence-electron chi connectivity index (χ1n) is 6.88. The van der Waals surface area contributed by atoms with Crippen molar-refractivity contribution in [2.75, 3.05) is 13.1 Å². The number of halogens is 2. The lowest BCUT2D eigenvalue weighted by Crippen LogP contribution is -2.26. The number of rotatable bonds is 5. The lowest BCUT2D eigenvalue weighted by atomic mass is 9.84. The summed E-state index contributed by atoms with van der Waals surface area (Å²) in [6.45, 7) is 4.11. The number of benzene rings is 1. The van der Waals surface area contributed by atoms with E-state index in [4.69, 9.17) is 23.2 Å². The minimum absolute atomic E-state index is 0.452. The molecule has 1 aromatic rings. The quantitative estimate of drug-likeness (QED) is 0.813. The van der Waals surface area contributed by atoms with Gasteiger partial charge in [-0.2, -0.15) is 0 Å². The summed E-state index contributed by atoms with van der Waals surface area (Å²) in [4.78, 5) is 0. The lowest BCUT2D eigenvalue weighted by molar-refractivity contribution is 0.414. The van der Waals surface area contributed by atoms with E-state index in [2.05, 4.69) is 12.2 Å². The molecule has 0 saturated heterocycles. The second kappa shape index (κ2) is 6.79. The second-order valence-electron chi connectivity index (χ2n) is 5.09. The summed E-state index contributed by atoms with van der Waals surface area (Å²) >= 11 is 12.7. The summed E-state index contributed by atoms with van der Waals surface area (Å²) in [6, 6.07) is 5.83. The van der Waals surface area contributed by atoms with Crippen molar-refractivity contribution in [1.29, 1.82) is 0 Å². The van der Waals surface area contributed by atoms with Crippen LogP contribution in [-0.2, 0) is 0 Å². The van der Waals surface area contributed by atoms with Crippen molar-refractivity contribution < 1.29 is 0 Å². The highest BCUT2D eigenvalue weighted by atomic mass is 35.5. The first kappa shape index (κ1) is 14.2. The van der Waals surface area contributed by atoms with Crippen LogP contribution in [-0.4, -0.2) is 13.1 Å². The Labute approximate surface area is 120 Å². The molecule has 0 bridgehead atoms. The van der Waals surface area contributed by atoms with Gasteiger partial charge in [0, 0.05) is 22.5 Å². The number of hydrogen-bond donors (Lipinski definition) is 1. The molecule has 1 saturated carbocycles. The van der Waals surface area contributed by atoms with Crippen LogP contribution in [0.2, 0.25) is 10.0 Å². The first-order chi connectivity index (χ1) is 8.74. The zero-order valence-electron chi connectivity index (χ0n) is 10.9. The molecule has 3 heteroatoms. The molecule has 0 heterocycles. The molecule has 1 N–H and O–H groups in total. The fourth-order valence-corrected chi connectivity index (χ4v) is 3.71. The van der Waals surface area contributed by atoms with Crippen LogP contribution in [0.15, 0.2) is 18.2 Å². The van der Waals surface area contributed by atoms with Crippen LogP contribution in [0.5, 0.6) is 0 Å². The van der Waals surface area contributed by atoms with Crippen molar-refractivity contribution in [2.24, 2.45) is 5.92 Å². The zero-order valence-corrected chi connectivity index (χ0v) is 12.4. The van der Waals surface area contributed by atoms with E-state index in [-0.39, 0.29) is 0 Å². The smallest absolute Gasteiger partial charge is 0.0456 e. The van der Waals surface area contributed by atoms with Crippen molar-refractivity contribution in [3.63, 3.8) is 0 Å². The molecule has 1 nitrogen and oxygen atoms in total. The molecule has 1 aliphatic rings. The molecule has 1 atom stereocenters. The predicted molar refractivity (Wildman–Crippen MR) is 79.7 cm³/mol. The zero-order chi connectivity index (χ0) is 13.0. The summed E-state index contributed by atoms with van der Waals surface area (Å²) in [5.74, 6) is 1.18. The Kier molecular flexibility index (Phi) is 5.35. The van der Waals surface area contributed by atoms with Crippen molar-refractivity contribution in [3.05, 3.63) is 33.8 Å². The molecule has 1 fully saturated rings. The van der Waals surface area contributed by atoms with Crippen molar-refractivity contribution in [3.8, 4) is 0 Å². The molecule has 1 aliphatic carbocycles. The van der Waals surface area contributed by atoms with Gasteiger partial charge in [-0.3, -0.25) is 0 Å². The summed E-state index contributed by atoms with van der Waals surface area (Å²) in [5.41, 5.74) is 1.15. The Morgan fingerprint density at radius 1 is 1.22 bits per heavy atom. The Morgan fingerprint density at radius 2 is 1.83 bits per heavy atom. The van der Waals surface area contributed by atoms with Crippen LogP contribution < -0.4 is 5.32 Å². The Morgan fingerprint density at radius 3 is 2.39 bits per heavy atom. The molecule has 0 aromatic heterocycles. The minimum atomic E-state index is 0.452.